The van der Waals surface area contributed by atoms with Crippen molar-refractivity contribution >= 4 is 17.6 Å². The van der Waals surface area contributed by atoms with Crippen molar-refractivity contribution in [3.05, 3.63) is 23.9 Å². The Kier molecular flexibility index (Phi) is 4.07. The summed E-state index contributed by atoms with van der Waals surface area (Å²) in [5.41, 5.74) is 6.99. The highest BCUT2D eigenvalue weighted by atomic mass is 32.2. The van der Waals surface area contributed by atoms with Gasteiger partial charge in [0.05, 0.1) is 0 Å². The summed E-state index contributed by atoms with van der Waals surface area (Å²) in [6.45, 7) is 4.25. The molecule has 0 radical (unpaired) electrons. The molecule has 16 heavy (non-hydrogen) atoms. The Hall–Kier alpha value is -0.740. The smallest absolute Gasteiger partial charge is 0.128 e. The first-order valence-electron chi connectivity index (χ1n) is 5.79. The fourth-order valence-electron chi connectivity index (χ4n) is 1.89. The number of nitrogens with two attached hydrogens (primary N) is 1. The van der Waals surface area contributed by atoms with Gasteiger partial charge in [0.2, 0.25) is 0 Å². The van der Waals surface area contributed by atoms with Crippen LogP contribution in [0, 0.1) is 0 Å². The van der Waals surface area contributed by atoms with Crippen molar-refractivity contribution in [2.45, 2.75) is 19.4 Å². The van der Waals surface area contributed by atoms with Gasteiger partial charge in [0.1, 0.15) is 5.82 Å². The molecule has 0 bridgehead atoms. The Morgan fingerprint density at radius 1 is 1.44 bits per heavy atom. The maximum absolute atomic E-state index is 5.76. The Labute approximate surface area is 101 Å². The number of pyridine rings is 1. The van der Waals surface area contributed by atoms with Gasteiger partial charge in [0.25, 0.3) is 0 Å². The lowest BCUT2D eigenvalue weighted by Crippen LogP contribution is -2.33. The van der Waals surface area contributed by atoms with Gasteiger partial charge in [-0.2, -0.15) is 11.8 Å². The second kappa shape index (κ2) is 5.55. The average molecular weight is 237 g/mol. The topological polar surface area (TPSA) is 42.1 Å². The third-order valence-corrected chi connectivity index (χ3v) is 3.64. The van der Waals surface area contributed by atoms with Crippen molar-refractivity contribution in [1.29, 1.82) is 0 Å². The van der Waals surface area contributed by atoms with Gasteiger partial charge in [0, 0.05) is 36.8 Å². The van der Waals surface area contributed by atoms with Gasteiger partial charge in [-0.3, -0.25) is 0 Å². The van der Waals surface area contributed by atoms with Crippen LogP contribution in [0.4, 0.5) is 5.82 Å². The van der Waals surface area contributed by atoms with Crippen LogP contribution in [0.15, 0.2) is 18.3 Å². The Morgan fingerprint density at radius 2 is 2.19 bits per heavy atom. The molecule has 3 nitrogen and oxygen atoms in total. The lowest BCUT2D eigenvalue weighted by atomic mass is 10.1. The molecule has 4 heteroatoms. The highest BCUT2D eigenvalue weighted by Crippen LogP contribution is 2.17. The number of rotatable bonds is 3. The van der Waals surface area contributed by atoms with E-state index in [1.54, 1.807) is 0 Å². The number of anilines is 1. The fourth-order valence-corrected chi connectivity index (χ4v) is 2.79. The summed E-state index contributed by atoms with van der Waals surface area (Å²) in [4.78, 5) is 6.87. The molecule has 1 aliphatic rings. The van der Waals surface area contributed by atoms with Crippen LogP contribution < -0.4 is 10.6 Å². The Bertz CT molecular complexity index is 318. The Balaban J connectivity index is 2.00. The van der Waals surface area contributed by atoms with Crippen molar-refractivity contribution in [2.75, 3.05) is 29.5 Å². The van der Waals surface area contributed by atoms with Gasteiger partial charge in [-0.1, -0.05) is 6.07 Å². The molecule has 2 N–H and O–H groups in total. The third-order valence-electron chi connectivity index (χ3n) is 2.70. The van der Waals surface area contributed by atoms with E-state index < -0.39 is 0 Å². The highest BCUT2D eigenvalue weighted by molar-refractivity contribution is 7.99. The number of hydrogen-bond acceptors (Lipinski definition) is 4. The summed E-state index contributed by atoms with van der Waals surface area (Å²) in [6.07, 6.45) is 2.86. The summed E-state index contributed by atoms with van der Waals surface area (Å²) in [5, 5.41) is 0. The summed E-state index contributed by atoms with van der Waals surface area (Å²) in [5.74, 6) is 3.53. The fraction of sp³-hybridized carbons (Fsp3) is 0.583. The van der Waals surface area contributed by atoms with Crippen LogP contribution in [-0.2, 0) is 6.42 Å². The average Bonchev–Trinajstić information content (AvgIpc) is 2.30. The summed E-state index contributed by atoms with van der Waals surface area (Å²) < 4.78 is 0. The minimum Gasteiger partial charge on any atom is -0.355 e. The van der Waals surface area contributed by atoms with Crippen LogP contribution >= 0.6 is 11.8 Å². The van der Waals surface area contributed by atoms with Gasteiger partial charge in [-0.15, -0.1) is 0 Å². The minimum atomic E-state index is 0.207. The summed E-state index contributed by atoms with van der Waals surface area (Å²) in [6, 6.07) is 4.47. The van der Waals surface area contributed by atoms with E-state index in [0.717, 1.165) is 25.3 Å². The van der Waals surface area contributed by atoms with Gasteiger partial charge in [-0.05, 0) is 25.0 Å². The van der Waals surface area contributed by atoms with Crippen LogP contribution in [0.1, 0.15) is 12.5 Å². The molecule has 2 rings (SSSR count). The van der Waals surface area contributed by atoms with Gasteiger partial charge < -0.3 is 10.6 Å². The van der Waals surface area contributed by atoms with Crippen molar-refractivity contribution in [3.63, 3.8) is 0 Å². The summed E-state index contributed by atoms with van der Waals surface area (Å²) >= 11 is 2.02. The van der Waals surface area contributed by atoms with E-state index in [-0.39, 0.29) is 6.04 Å². The molecule has 1 saturated heterocycles. The number of aromatic nitrogens is 1. The van der Waals surface area contributed by atoms with E-state index in [1.165, 1.54) is 17.1 Å². The molecule has 0 saturated carbocycles. The molecule has 0 spiro atoms. The molecule has 1 aliphatic heterocycles. The first-order chi connectivity index (χ1) is 7.75. The molecule has 1 atom stereocenters. The largest absolute Gasteiger partial charge is 0.355 e. The molecule has 0 amide bonds. The lowest BCUT2D eigenvalue weighted by Gasteiger charge is -2.27. The predicted molar refractivity (Wildman–Crippen MR) is 71.1 cm³/mol. The molecule has 1 aromatic rings. The quantitative estimate of drug-likeness (QED) is 0.865. The Morgan fingerprint density at radius 3 is 2.75 bits per heavy atom. The first-order valence-corrected chi connectivity index (χ1v) is 6.94. The van der Waals surface area contributed by atoms with Crippen LogP contribution in [-0.4, -0.2) is 35.6 Å². The molecule has 0 aliphatic carbocycles. The molecule has 88 valence electrons. The van der Waals surface area contributed by atoms with Crippen molar-refractivity contribution in [3.8, 4) is 0 Å². The monoisotopic (exact) mass is 237 g/mol. The SMILES string of the molecule is CC(N)Cc1ccc(N2CCSCC2)nc1. The zero-order valence-corrected chi connectivity index (χ0v) is 10.5. The zero-order valence-electron chi connectivity index (χ0n) is 9.72. The second-order valence-electron chi connectivity index (χ2n) is 4.31. The maximum atomic E-state index is 5.76. The van der Waals surface area contributed by atoms with Gasteiger partial charge >= 0.3 is 0 Å². The van der Waals surface area contributed by atoms with Crippen LogP contribution in [0.25, 0.3) is 0 Å². The van der Waals surface area contributed by atoms with Crippen LogP contribution in [0.5, 0.6) is 0 Å². The van der Waals surface area contributed by atoms with Crippen molar-refractivity contribution in [2.24, 2.45) is 5.73 Å². The second-order valence-corrected chi connectivity index (χ2v) is 5.53. The molecule has 1 fully saturated rings. The van der Waals surface area contributed by atoms with E-state index in [9.17, 15) is 0 Å². The van der Waals surface area contributed by atoms with Crippen LogP contribution in [0.3, 0.4) is 0 Å². The minimum absolute atomic E-state index is 0.207. The van der Waals surface area contributed by atoms with Crippen molar-refractivity contribution in [1.82, 2.24) is 4.98 Å². The number of thioether (sulfide) groups is 1. The standard InChI is InChI=1S/C12H19N3S/c1-10(13)8-11-2-3-12(14-9-11)15-4-6-16-7-5-15/h2-3,9-10H,4-8,13H2,1H3. The normalized spacial score (nSPS) is 18.5. The number of nitrogens with zero attached hydrogens (tertiary/aromatic N) is 2. The van der Waals surface area contributed by atoms with E-state index >= 15 is 0 Å². The molecule has 1 unspecified atom stereocenters. The van der Waals surface area contributed by atoms with E-state index in [2.05, 4.69) is 22.0 Å². The van der Waals surface area contributed by atoms with E-state index in [0.29, 0.717) is 0 Å². The molecular formula is C12H19N3S. The van der Waals surface area contributed by atoms with E-state index in [4.69, 9.17) is 5.73 Å². The molecule has 1 aromatic heterocycles. The van der Waals surface area contributed by atoms with E-state index in [1.807, 2.05) is 24.9 Å². The molecular weight excluding hydrogens is 218 g/mol. The molecule has 0 aromatic carbocycles. The van der Waals surface area contributed by atoms with Gasteiger partial charge in [0.15, 0.2) is 0 Å². The predicted octanol–water partition coefficient (Wildman–Crippen LogP) is 1.52. The molecule has 2 heterocycles. The lowest BCUT2D eigenvalue weighted by molar-refractivity contribution is 0.734. The maximum Gasteiger partial charge on any atom is 0.128 e. The van der Waals surface area contributed by atoms with Crippen molar-refractivity contribution < 1.29 is 0 Å². The first kappa shape index (κ1) is 11.7. The third kappa shape index (κ3) is 3.12. The highest BCUT2D eigenvalue weighted by Gasteiger charge is 2.11. The zero-order chi connectivity index (χ0) is 11.4. The van der Waals surface area contributed by atoms with Crippen LogP contribution in [0.2, 0.25) is 0 Å². The summed E-state index contributed by atoms with van der Waals surface area (Å²) in [7, 11) is 0. The number of hydrogen-bond donors (Lipinski definition) is 1. The van der Waals surface area contributed by atoms with Gasteiger partial charge in [-0.25, -0.2) is 4.98 Å².